The van der Waals surface area contributed by atoms with Crippen LogP contribution in [-0.4, -0.2) is 32.3 Å². The molecule has 11 nitrogen and oxygen atoms in total. The molecule has 0 spiro atoms. The van der Waals surface area contributed by atoms with Crippen molar-refractivity contribution in [1.82, 2.24) is 0 Å². The Morgan fingerprint density at radius 2 is 1.74 bits per heavy atom. The Balaban J connectivity index is 1.80. The van der Waals surface area contributed by atoms with Crippen molar-refractivity contribution in [2.75, 3.05) is 17.1 Å². The van der Waals surface area contributed by atoms with Gasteiger partial charge in [-0.1, -0.05) is 0 Å². The molecule has 0 bridgehead atoms. The number of halogens is 1. The maximum atomic E-state index is 13.6. The van der Waals surface area contributed by atoms with Gasteiger partial charge in [-0.2, -0.15) is 0 Å². The number of nitro groups is 1. The molecule has 176 valence electrons. The number of nitrogens with one attached hydrogen (secondary N) is 2. The summed E-state index contributed by atoms with van der Waals surface area (Å²) in [5.41, 5.74) is 4.38. The number of nitro benzene ring substituents is 1. The van der Waals surface area contributed by atoms with Gasteiger partial charge in [0.05, 0.1) is 28.2 Å². The Bertz CT molecular complexity index is 1390. The molecular weight excluding hydrogens is 471 g/mol. The van der Waals surface area contributed by atoms with Gasteiger partial charge >= 0.3 is 0 Å². The lowest BCUT2D eigenvalue weighted by atomic mass is 10.1. The molecule has 13 heteroatoms. The van der Waals surface area contributed by atoms with Crippen molar-refractivity contribution in [2.24, 2.45) is 5.73 Å². The van der Waals surface area contributed by atoms with Gasteiger partial charge in [-0.15, -0.1) is 0 Å². The number of hydrogen-bond acceptors (Lipinski definition) is 7. The van der Waals surface area contributed by atoms with Gasteiger partial charge in [0.2, 0.25) is 0 Å². The Morgan fingerprint density at radius 1 is 1.06 bits per heavy atom. The lowest BCUT2D eigenvalue weighted by Gasteiger charge is -2.12. The van der Waals surface area contributed by atoms with Crippen LogP contribution in [0, 0.1) is 15.9 Å². The van der Waals surface area contributed by atoms with Crippen LogP contribution >= 0.6 is 0 Å². The molecule has 0 aromatic heterocycles. The Morgan fingerprint density at radius 3 is 2.32 bits per heavy atom. The van der Waals surface area contributed by atoms with Crippen LogP contribution in [0.25, 0.3) is 0 Å². The monoisotopic (exact) mass is 488 g/mol. The number of hydrogen-bond donors (Lipinski definition) is 3. The molecule has 0 fully saturated rings. The van der Waals surface area contributed by atoms with E-state index in [1.165, 1.54) is 31.4 Å². The predicted molar refractivity (Wildman–Crippen MR) is 120 cm³/mol. The molecule has 0 saturated carbocycles. The van der Waals surface area contributed by atoms with E-state index in [4.69, 9.17) is 10.5 Å². The first kappa shape index (κ1) is 24.1. The summed E-state index contributed by atoms with van der Waals surface area (Å²) in [4.78, 5) is 33.8. The lowest BCUT2D eigenvalue weighted by Crippen LogP contribution is -2.16. The number of anilines is 2. The highest BCUT2D eigenvalue weighted by Gasteiger charge is 2.20. The number of non-ortho nitro benzene ring substituents is 1. The van der Waals surface area contributed by atoms with Gasteiger partial charge in [-0.05, 0) is 48.5 Å². The van der Waals surface area contributed by atoms with Gasteiger partial charge in [0.15, 0.2) is 0 Å². The van der Waals surface area contributed by atoms with Crippen LogP contribution in [0.2, 0.25) is 0 Å². The van der Waals surface area contributed by atoms with E-state index in [1.807, 2.05) is 0 Å². The van der Waals surface area contributed by atoms with Crippen LogP contribution in [0.15, 0.2) is 65.6 Å². The molecule has 3 rings (SSSR count). The fourth-order valence-corrected chi connectivity index (χ4v) is 3.93. The minimum absolute atomic E-state index is 0.0665. The van der Waals surface area contributed by atoms with Gasteiger partial charge in [0, 0.05) is 23.4 Å². The molecule has 4 N–H and O–H groups in total. The summed E-state index contributed by atoms with van der Waals surface area (Å²) in [6.45, 7) is 0. The molecule has 0 aliphatic carbocycles. The van der Waals surface area contributed by atoms with Crippen LogP contribution in [-0.2, 0) is 10.0 Å². The normalized spacial score (nSPS) is 10.9. The minimum atomic E-state index is -4.19. The third kappa shape index (κ3) is 5.27. The summed E-state index contributed by atoms with van der Waals surface area (Å²) in [5.74, 6) is -2.43. The highest BCUT2D eigenvalue weighted by Crippen LogP contribution is 2.31. The molecule has 0 aliphatic heterocycles. The first-order valence-corrected chi connectivity index (χ1v) is 10.9. The predicted octanol–water partition coefficient (Wildman–Crippen LogP) is 2.89. The Labute approximate surface area is 192 Å². The standard InChI is InChI=1S/C21H17FN4O7S/c1-33-19-9-5-14(26(29)30)11-18(19)25-34(31,32)15-6-2-12(3-7-15)21(28)24-13-4-8-17(22)16(10-13)20(23)27/h2-11,25H,1H3,(H2,23,27)(H,24,28). The molecular formula is C21H17FN4O7S. The number of carbonyl (C=O) groups excluding carboxylic acids is 2. The summed E-state index contributed by atoms with van der Waals surface area (Å²) in [6.07, 6.45) is 0. The van der Waals surface area contributed by atoms with Gasteiger partial charge < -0.3 is 15.8 Å². The van der Waals surface area contributed by atoms with E-state index in [9.17, 15) is 32.5 Å². The van der Waals surface area contributed by atoms with Crippen molar-refractivity contribution in [3.8, 4) is 5.75 Å². The first-order valence-electron chi connectivity index (χ1n) is 9.38. The highest BCUT2D eigenvalue weighted by molar-refractivity contribution is 7.92. The summed E-state index contributed by atoms with van der Waals surface area (Å²) >= 11 is 0. The van der Waals surface area contributed by atoms with Crippen molar-refractivity contribution < 1.29 is 32.1 Å². The van der Waals surface area contributed by atoms with Crippen LogP contribution in [0.3, 0.4) is 0 Å². The number of ether oxygens (including phenoxy) is 1. The number of nitrogens with zero attached hydrogens (tertiary/aromatic N) is 1. The van der Waals surface area contributed by atoms with E-state index in [2.05, 4.69) is 10.0 Å². The average Bonchev–Trinajstić information content (AvgIpc) is 2.79. The third-order valence-electron chi connectivity index (χ3n) is 4.55. The molecule has 0 saturated heterocycles. The van der Waals surface area contributed by atoms with Crippen molar-refractivity contribution in [2.45, 2.75) is 4.90 Å². The van der Waals surface area contributed by atoms with Crippen LogP contribution in [0.5, 0.6) is 5.75 Å². The SMILES string of the molecule is COc1ccc([N+](=O)[O-])cc1NS(=O)(=O)c1ccc(C(=O)Nc2ccc(F)c(C(N)=O)c2)cc1. The van der Waals surface area contributed by atoms with E-state index >= 15 is 0 Å². The number of benzene rings is 3. The van der Waals surface area contributed by atoms with Crippen molar-refractivity contribution >= 4 is 38.9 Å². The van der Waals surface area contributed by atoms with Crippen LogP contribution < -0.4 is 20.5 Å². The Hall–Kier alpha value is -4.52. The van der Waals surface area contributed by atoms with E-state index in [1.54, 1.807) is 0 Å². The molecule has 0 atom stereocenters. The summed E-state index contributed by atoms with van der Waals surface area (Å²) in [6, 6.07) is 11.5. The quantitative estimate of drug-likeness (QED) is 0.323. The van der Waals surface area contributed by atoms with Gasteiger partial charge in [0.1, 0.15) is 11.6 Å². The molecule has 3 aromatic carbocycles. The number of primary amides is 1. The number of sulfonamides is 1. The van der Waals surface area contributed by atoms with E-state index < -0.39 is 38.1 Å². The minimum Gasteiger partial charge on any atom is -0.495 e. The molecule has 0 radical (unpaired) electrons. The lowest BCUT2D eigenvalue weighted by molar-refractivity contribution is -0.384. The van der Waals surface area contributed by atoms with Crippen molar-refractivity contribution in [3.63, 3.8) is 0 Å². The largest absolute Gasteiger partial charge is 0.495 e. The maximum Gasteiger partial charge on any atom is 0.271 e. The van der Waals surface area contributed by atoms with Gasteiger partial charge in [-0.25, -0.2) is 12.8 Å². The van der Waals surface area contributed by atoms with Gasteiger partial charge in [-0.3, -0.25) is 24.4 Å². The zero-order valence-corrected chi connectivity index (χ0v) is 18.3. The van der Waals surface area contributed by atoms with E-state index in [-0.39, 0.29) is 33.3 Å². The molecule has 2 amide bonds. The highest BCUT2D eigenvalue weighted by atomic mass is 32.2. The van der Waals surface area contributed by atoms with E-state index in [0.717, 1.165) is 36.4 Å². The summed E-state index contributed by atoms with van der Waals surface area (Å²) in [7, 11) is -2.91. The number of rotatable bonds is 8. The average molecular weight is 488 g/mol. The molecule has 0 unspecified atom stereocenters. The van der Waals surface area contributed by atoms with Crippen molar-refractivity contribution in [3.05, 3.63) is 87.7 Å². The fourth-order valence-electron chi connectivity index (χ4n) is 2.87. The Kier molecular flexibility index (Phi) is 6.77. The third-order valence-corrected chi connectivity index (χ3v) is 5.94. The second kappa shape index (κ2) is 9.54. The van der Waals surface area contributed by atoms with Gasteiger partial charge in [0.25, 0.3) is 27.5 Å². The smallest absolute Gasteiger partial charge is 0.271 e. The molecule has 0 heterocycles. The summed E-state index contributed by atoms with van der Waals surface area (Å²) in [5, 5.41) is 13.4. The number of nitrogens with two attached hydrogens (primary N) is 1. The first-order chi connectivity index (χ1) is 16.0. The fraction of sp³-hybridized carbons (Fsp3) is 0.0476. The topological polar surface area (TPSA) is 171 Å². The van der Waals surface area contributed by atoms with E-state index in [0.29, 0.717) is 0 Å². The zero-order chi connectivity index (χ0) is 25.0. The van der Waals surface area contributed by atoms with Crippen LogP contribution in [0.4, 0.5) is 21.5 Å². The second-order valence-electron chi connectivity index (χ2n) is 6.78. The molecule has 3 aromatic rings. The number of carbonyl (C=O) groups is 2. The van der Waals surface area contributed by atoms with Crippen molar-refractivity contribution in [1.29, 1.82) is 0 Å². The number of methoxy groups -OCH3 is 1. The zero-order valence-electron chi connectivity index (χ0n) is 17.4. The number of amides is 2. The second-order valence-corrected chi connectivity index (χ2v) is 8.47. The van der Waals surface area contributed by atoms with Crippen LogP contribution in [0.1, 0.15) is 20.7 Å². The summed E-state index contributed by atoms with van der Waals surface area (Å²) < 4.78 is 46.3. The molecule has 0 aliphatic rings. The molecule has 34 heavy (non-hydrogen) atoms. The maximum absolute atomic E-state index is 13.6.